The molecule has 0 radical (unpaired) electrons. The Morgan fingerprint density at radius 3 is 2.04 bits per heavy atom. The highest BCUT2D eigenvalue weighted by atomic mass is 16.5. The van der Waals surface area contributed by atoms with E-state index in [1.54, 1.807) is 0 Å². The molecular formula is C24H17N3O. The highest BCUT2D eigenvalue weighted by molar-refractivity contribution is 5.67. The van der Waals surface area contributed by atoms with Gasteiger partial charge in [-0.3, -0.25) is 0 Å². The largest absolute Gasteiger partial charge is 0.455 e. The molecule has 2 heterocycles. The smallest absolute Gasteiger partial charge is 0.150 e. The van der Waals surface area contributed by atoms with E-state index in [1.165, 1.54) is 0 Å². The zero-order valence-electron chi connectivity index (χ0n) is 15.1. The van der Waals surface area contributed by atoms with Crippen LogP contribution < -0.4 is 9.64 Å². The summed E-state index contributed by atoms with van der Waals surface area (Å²) in [6.07, 6.45) is 0. The zero-order valence-corrected chi connectivity index (χ0v) is 15.1. The first-order valence-electron chi connectivity index (χ1n) is 9.32. The Bertz CT molecular complexity index is 1110. The summed E-state index contributed by atoms with van der Waals surface area (Å²) in [5.74, 6) is 0.574. The molecule has 3 aromatic rings. The molecule has 0 saturated carbocycles. The summed E-state index contributed by atoms with van der Waals surface area (Å²) in [5.41, 5.74) is 2.89. The van der Waals surface area contributed by atoms with Gasteiger partial charge in [-0.1, -0.05) is 60.7 Å². The second kappa shape index (κ2) is 6.44. The fourth-order valence-corrected chi connectivity index (χ4v) is 4.57. The Morgan fingerprint density at radius 1 is 0.679 bits per heavy atom. The van der Waals surface area contributed by atoms with Crippen LogP contribution in [0.1, 0.15) is 23.2 Å². The second-order valence-electron chi connectivity index (χ2n) is 7.13. The van der Waals surface area contributed by atoms with Crippen molar-refractivity contribution in [3.63, 3.8) is 0 Å². The van der Waals surface area contributed by atoms with E-state index in [0.717, 1.165) is 28.3 Å². The van der Waals surface area contributed by atoms with Crippen molar-refractivity contribution >= 4 is 5.69 Å². The molecule has 0 amide bonds. The zero-order chi connectivity index (χ0) is 19.1. The molecule has 4 nitrogen and oxygen atoms in total. The molecule has 4 heteroatoms. The monoisotopic (exact) mass is 363 g/mol. The fourth-order valence-electron chi connectivity index (χ4n) is 4.57. The first-order valence-corrected chi connectivity index (χ1v) is 9.32. The molecular weight excluding hydrogens is 346 g/mol. The third kappa shape index (κ3) is 2.29. The first-order chi connectivity index (χ1) is 13.8. The number of nitrogens with zero attached hydrogens (tertiary/aromatic N) is 3. The van der Waals surface area contributed by atoms with Crippen LogP contribution in [0.4, 0.5) is 5.69 Å². The molecule has 3 aromatic carbocycles. The molecule has 0 spiro atoms. The van der Waals surface area contributed by atoms with Crippen LogP contribution >= 0.6 is 0 Å². The van der Waals surface area contributed by atoms with Crippen LogP contribution in [0.25, 0.3) is 0 Å². The summed E-state index contributed by atoms with van der Waals surface area (Å²) < 4.78 is 6.25. The van der Waals surface area contributed by atoms with Gasteiger partial charge >= 0.3 is 0 Å². The van der Waals surface area contributed by atoms with Crippen molar-refractivity contribution in [3.8, 4) is 23.6 Å². The minimum atomic E-state index is -0.467. The van der Waals surface area contributed by atoms with E-state index in [-0.39, 0.29) is 12.1 Å². The molecule has 1 fully saturated rings. The summed E-state index contributed by atoms with van der Waals surface area (Å²) in [4.78, 5) is 2.22. The lowest BCUT2D eigenvalue weighted by atomic mass is 9.84. The van der Waals surface area contributed by atoms with Gasteiger partial charge in [-0.2, -0.15) is 10.5 Å². The molecule has 28 heavy (non-hydrogen) atoms. The van der Waals surface area contributed by atoms with E-state index in [9.17, 15) is 10.5 Å². The SMILES string of the molecule is N#C[C@H]1[C@H](C#N)[C@@H]2c3ccccc3Oc3ccccc3N2[C@@H]1c1ccccc1. The standard InChI is InChI=1S/C24H17N3O/c25-14-18-19(15-26)24-17-10-4-6-12-21(17)28-22-13-7-5-11-20(22)27(24)23(18)16-8-2-1-3-9-16/h1-13,18-19,23-24H/t18-,19-,23+,24-/m0/s1. The fraction of sp³-hybridized carbons (Fsp3) is 0.167. The summed E-state index contributed by atoms with van der Waals surface area (Å²) in [6.45, 7) is 0. The van der Waals surface area contributed by atoms with E-state index in [1.807, 2.05) is 78.9 Å². The summed E-state index contributed by atoms with van der Waals surface area (Å²) >= 11 is 0. The Hall–Kier alpha value is -3.76. The van der Waals surface area contributed by atoms with Gasteiger partial charge in [0.05, 0.1) is 41.7 Å². The van der Waals surface area contributed by atoms with E-state index in [0.29, 0.717) is 0 Å². The minimum Gasteiger partial charge on any atom is -0.455 e. The van der Waals surface area contributed by atoms with Crippen LogP contribution in [0.2, 0.25) is 0 Å². The third-order valence-electron chi connectivity index (χ3n) is 5.71. The molecule has 2 aliphatic heterocycles. The molecule has 2 aliphatic rings. The van der Waals surface area contributed by atoms with Gasteiger partial charge in [0.15, 0.2) is 5.75 Å². The number of anilines is 1. The average Bonchev–Trinajstić information content (AvgIpc) is 3.01. The topological polar surface area (TPSA) is 60.1 Å². The van der Waals surface area contributed by atoms with E-state index in [4.69, 9.17) is 4.74 Å². The van der Waals surface area contributed by atoms with Gasteiger partial charge in [-0.15, -0.1) is 0 Å². The quantitative estimate of drug-likeness (QED) is 0.583. The van der Waals surface area contributed by atoms with Gasteiger partial charge in [0, 0.05) is 5.56 Å². The molecule has 0 aliphatic carbocycles. The molecule has 5 rings (SSSR count). The van der Waals surface area contributed by atoms with Crippen molar-refractivity contribution in [2.24, 2.45) is 11.8 Å². The maximum atomic E-state index is 10.1. The Kier molecular flexibility index (Phi) is 3.78. The first kappa shape index (κ1) is 16.4. The maximum absolute atomic E-state index is 10.1. The van der Waals surface area contributed by atoms with Crippen LogP contribution in [0.15, 0.2) is 78.9 Å². The van der Waals surface area contributed by atoms with Crippen LogP contribution in [0.5, 0.6) is 11.5 Å². The van der Waals surface area contributed by atoms with Crippen LogP contribution in [-0.2, 0) is 0 Å². The normalized spacial score (nSPS) is 24.6. The number of rotatable bonds is 1. The molecule has 4 atom stereocenters. The van der Waals surface area contributed by atoms with Gasteiger partial charge in [0.2, 0.25) is 0 Å². The van der Waals surface area contributed by atoms with Gasteiger partial charge in [-0.25, -0.2) is 0 Å². The number of para-hydroxylation sites is 3. The van der Waals surface area contributed by atoms with Crippen molar-refractivity contribution < 1.29 is 4.74 Å². The lowest BCUT2D eigenvalue weighted by molar-refractivity contribution is 0.465. The minimum absolute atomic E-state index is 0.225. The second-order valence-corrected chi connectivity index (χ2v) is 7.13. The highest BCUT2D eigenvalue weighted by Crippen LogP contribution is 2.58. The van der Waals surface area contributed by atoms with Gasteiger partial charge in [0.1, 0.15) is 5.75 Å². The Balaban J connectivity index is 1.82. The Morgan fingerprint density at radius 2 is 1.29 bits per heavy atom. The van der Waals surface area contributed by atoms with Gasteiger partial charge in [-0.05, 0) is 23.8 Å². The van der Waals surface area contributed by atoms with Crippen LogP contribution in [0, 0.1) is 34.5 Å². The number of nitriles is 2. The summed E-state index contributed by atoms with van der Waals surface area (Å²) in [5, 5.41) is 20.1. The van der Waals surface area contributed by atoms with Crippen molar-refractivity contribution in [1.29, 1.82) is 10.5 Å². The number of benzene rings is 3. The maximum Gasteiger partial charge on any atom is 0.150 e. The molecule has 134 valence electrons. The molecule has 0 aromatic heterocycles. The van der Waals surface area contributed by atoms with E-state index < -0.39 is 11.8 Å². The highest BCUT2D eigenvalue weighted by Gasteiger charge is 2.53. The lowest BCUT2D eigenvalue weighted by Crippen LogP contribution is -2.27. The molecule has 0 N–H and O–H groups in total. The predicted molar refractivity (Wildman–Crippen MR) is 106 cm³/mol. The van der Waals surface area contributed by atoms with Crippen LogP contribution in [0.3, 0.4) is 0 Å². The molecule has 0 bridgehead atoms. The van der Waals surface area contributed by atoms with Gasteiger partial charge < -0.3 is 9.64 Å². The summed E-state index contributed by atoms with van der Waals surface area (Å²) in [6, 6.07) is 30.1. The van der Waals surface area contributed by atoms with Crippen molar-refractivity contribution in [2.45, 2.75) is 12.1 Å². The molecule has 0 unspecified atom stereocenters. The van der Waals surface area contributed by atoms with Crippen molar-refractivity contribution in [1.82, 2.24) is 0 Å². The average molecular weight is 363 g/mol. The van der Waals surface area contributed by atoms with Gasteiger partial charge in [0.25, 0.3) is 0 Å². The number of hydrogen-bond acceptors (Lipinski definition) is 4. The van der Waals surface area contributed by atoms with E-state index >= 15 is 0 Å². The summed E-state index contributed by atoms with van der Waals surface area (Å²) in [7, 11) is 0. The third-order valence-corrected chi connectivity index (χ3v) is 5.71. The number of hydrogen-bond donors (Lipinski definition) is 0. The van der Waals surface area contributed by atoms with Crippen molar-refractivity contribution in [2.75, 3.05) is 4.90 Å². The lowest BCUT2D eigenvalue weighted by Gasteiger charge is -2.32. The van der Waals surface area contributed by atoms with Crippen molar-refractivity contribution in [3.05, 3.63) is 90.0 Å². The number of fused-ring (bicyclic) bond motifs is 5. The number of ether oxygens (including phenoxy) is 1. The van der Waals surface area contributed by atoms with Crippen LogP contribution in [-0.4, -0.2) is 0 Å². The van der Waals surface area contributed by atoms with E-state index in [2.05, 4.69) is 17.0 Å². The Labute approximate surface area is 163 Å². The molecule has 1 saturated heterocycles. The predicted octanol–water partition coefficient (Wildman–Crippen LogP) is 5.37.